The zero-order chi connectivity index (χ0) is 15.0. The van der Waals surface area contributed by atoms with Gasteiger partial charge in [0.15, 0.2) is 5.56 Å². The van der Waals surface area contributed by atoms with Crippen LogP contribution in [0.15, 0.2) is 6.07 Å². The molecule has 0 aromatic carbocycles. The Morgan fingerprint density at radius 3 is 2.16 bits per heavy atom. The van der Waals surface area contributed by atoms with Crippen molar-refractivity contribution in [3.05, 3.63) is 27.3 Å². The fourth-order valence-electron chi connectivity index (χ4n) is 1.15. The number of hydrogen-bond acceptors (Lipinski definition) is 4. The average Bonchev–Trinajstić information content (AvgIpc) is 2.16. The van der Waals surface area contributed by atoms with Crippen LogP contribution in [-0.4, -0.2) is 16.3 Å². The predicted octanol–water partition coefficient (Wildman–Crippen LogP) is 3.22. The summed E-state index contributed by atoms with van der Waals surface area (Å²) >= 11 is 0. The summed E-state index contributed by atoms with van der Waals surface area (Å²) in [5, 5.41) is 10.4. The molecule has 0 N–H and O–H groups in total. The Labute approximate surface area is 101 Å². The normalized spacial score (nSPS) is 12.4. The molecule has 1 aromatic heterocycles. The monoisotopic (exact) mass is 290 g/mol. The predicted molar refractivity (Wildman–Crippen MR) is 47.3 cm³/mol. The van der Waals surface area contributed by atoms with Gasteiger partial charge < -0.3 is 14.9 Å². The lowest BCUT2D eigenvalue weighted by molar-refractivity contribution is -0.393. The van der Waals surface area contributed by atoms with E-state index in [1.54, 1.807) is 0 Å². The molecule has 106 valence electrons. The number of nitro groups is 1. The van der Waals surface area contributed by atoms with Gasteiger partial charge in [0.2, 0.25) is 0 Å². The molecule has 1 heterocycles. The van der Waals surface area contributed by atoms with E-state index in [1.807, 2.05) is 0 Å². The van der Waals surface area contributed by atoms with Crippen LogP contribution in [0.4, 0.5) is 32.2 Å². The van der Waals surface area contributed by atoms with Crippen LogP contribution >= 0.6 is 0 Å². The van der Waals surface area contributed by atoms with E-state index in [4.69, 9.17) is 0 Å². The quantitative estimate of drug-likeness (QED) is 0.476. The summed E-state index contributed by atoms with van der Waals surface area (Å²) < 4.78 is 76.5. The molecule has 0 saturated heterocycles. The first-order valence-corrected chi connectivity index (χ1v) is 4.41. The molecule has 11 heteroatoms. The number of pyridine rings is 1. The van der Waals surface area contributed by atoms with Gasteiger partial charge in [-0.2, -0.15) is 13.2 Å². The highest BCUT2D eigenvalue weighted by molar-refractivity contribution is 5.42. The first-order chi connectivity index (χ1) is 8.42. The van der Waals surface area contributed by atoms with Gasteiger partial charge >= 0.3 is 24.2 Å². The molecule has 0 aliphatic carbocycles. The maximum absolute atomic E-state index is 12.5. The van der Waals surface area contributed by atoms with Crippen LogP contribution in [0, 0.1) is 17.0 Å². The molecule has 0 bridgehead atoms. The maximum atomic E-state index is 12.5. The fraction of sp³-hybridized carbons (Fsp3) is 0.375. The van der Waals surface area contributed by atoms with Crippen molar-refractivity contribution in [1.82, 2.24) is 4.98 Å². The molecule has 0 saturated carbocycles. The SMILES string of the molecule is Cc1cc(C(F)(F)F)c([N+](=O)[O-])nc1OC(F)(F)F. The van der Waals surface area contributed by atoms with Crippen molar-refractivity contribution in [2.45, 2.75) is 19.5 Å². The van der Waals surface area contributed by atoms with E-state index in [2.05, 4.69) is 9.72 Å². The van der Waals surface area contributed by atoms with E-state index >= 15 is 0 Å². The number of rotatable bonds is 2. The second kappa shape index (κ2) is 4.55. The Kier molecular flexibility index (Phi) is 3.59. The van der Waals surface area contributed by atoms with Crippen molar-refractivity contribution < 1.29 is 36.0 Å². The highest BCUT2D eigenvalue weighted by atomic mass is 19.4. The summed E-state index contributed by atoms with van der Waals surface area (Å²) in [6.07, 6.45) is -10.3. The van der Waals surface area contributed by atoms with Crippen LogP contribution < -0.4 is 4.74 Å². The summed E-state index contributed by atoms with van der Waals surface area (Å²) in [5.74, 6) is -3.05. The Morgan fingerprint density at radius 2 is 1.79 bits per heavy atom. The standard InChI is InChI=1S/C8H4F6N2O3/c1-3-2-4(7(9,10)11)5(16(17)18)15-6(3)19-8(12,13)14/h2H,1H3. The van der Waals surface area contributed by atoms with Crippen molar-refractivity contribution in [2.75, 3.05) is 0 Å². The van der Waals surface area contributed by atoms with Gasteiger partial charge in [-0.3, -0.25) is 0 Å². The van der Waals surface area contributed by atoms with Gasteiger partial charge in [0.05, 0.1) is 0 Å². The summed E-state index contributed by atoms with van der Waals surface area (Å²) in [4.78, 5) is 11.5. The first kappa shape index (κ1) is 15.0. The molecule has 0 atom stereocenters. The number of nitrogens with zero attached hydrogens (tertiary/aromatic N) is 2. The molecule has 0 spiro atoms. The van der Waals surface area contributed by atoms with E-state index in [0.717, 1.165) is 6.92 Å². The van der Waals surface area contributed by atoms with Crippen LogP contribution in [0.5, 0.6) is 5.88 Å². The minimum atomic E-state index is -5.22. The molecule has 0 fully saturated rings. The van der Waals surface area contributed by atoms with Gasteiger partial charge in [-0.15, -0.1) is 13.2 Å². The lowest BCUT2D eigenvalue weighted by Gasteiger charge is -2.10. The van der Waals surface area contributed by atoms with Crippen molar-refractivity contribution in [1.29, 1.82) is 0 Å². The molecule has 1 aromatic rings. The fourth-order valence-corrected chi connectivity index (χ4v) is 1.15. The van der Waals surface area contributed by atoms with Crippen LogP contribution in [0.1, 0.15) is 11.1 Å². The van der Waals surface area contributed by atoms with Crippen molar-refractivity contribution >= 4 is 5.82 Å². The molecule has 0 amide bonds. The third kappa shape index (κ3) is 3.69. The Bertz CT molecular complexity index is 510. The van der Waals surface area contributed by atoms with Crippen LogP contribution in [0.3, 0.4) is 0 Å². The Balaban J connectivity index is 3.42. The number of aryl methyl sites for hydroxylation is 1. The smallest absolute Gasteiger partial charge is 0.366 e. The molecular weight excluding hydrogens is 286 g/mol. The third-order valence-corrected chi connectivity index (χ3v) is 1.84. The van der Waals surface area contributed by atoms with E-state index in [0.29, 0.717) is 0 Å². The Hall–Kier alpha value is -2.07. The van der Waals surface area contributed by atoms with Gasteiger partial charge in [-0.1, -0.05) is 0 Å². The Morgan fingerprint density at radius 1 is 1.26 bits per heavy atom. The van der Waals surface area contributed by atoms with E-state index in [-0.39, 0.29) is 6.07 Å². The topological polar surface area (TPSA) is 65.3 Å². The summed E-state index contributed by atoms with van der Waals surface area (Å²) in [7, 11) is 0. The molecule has 0 radical (unpaired) electrons. The van der Waals surface area contributed by atoms with Crippen molar-refractivity contribution in [3.8, 4) is 5.88 Å². The first-order valence-electron chi connectivity index (χ1n) is 4.41. The highest BCUT2D eigenvalue weighted by Crippen LogP contribution is 2.38. The van der Waals surface area contributed by atoms with Gasteiger partial charge in [0, 0.05) is 10.5 Å². The average molecular weight is 290 g/mol. The zero-order valence-corrected chi connectivity index (χ0v) is 8.96. The summed E-state index contributed by atoms with van der Waals surface area (Å²) in [6.45, 7) is 0.854. The maximum Gasteiger partial charge on any atom is 0.575 e. The minimum Gasteiger partial charge on any atom is -0.366 e. The third-order valence-electron chi connectivity index (χ3n) is 1.84. The molecule has 0 aliphatic rings. The largest absolute Gasteiger partial charge is 0.575 e. The second-order valence-corrected chi connectivity index (χ2v) is 3.28. The van der Waals surface area contributed by atoms with Crippen LogP contribution in [0.2, 0.25) is 0 Å². The summed E-state index contributed by atoms with van der Waals surface area (Å²) in [6, 6.07) is 0.173. The second-order valence-electron chi connectivity index (χ2n) is 3.28. The highest BCUT2D eigenvalue weighted by Gasteiger charge is 2.42. The molecular formula is C8H4F6N2O3. The number of alkyl halides is 6. The van der Waals surface area contributed by atoms with Gasteiger partial charge in [0.1, 0.15) is 0 Å². The molecule has 5 nitrogen and oxygen atoms in total. The number of aromatic nitrogens is 1. The van der Waals surface area contributed by atoms with Crippen LogP contribution in [-0.2, 0) is 6.18 Å². The van der Waals surface area contributed by atoms with Gasteiger partial charge in [-0.05, 0) is 17.9 Å². The number of hydrogen-bond donors (Lipinski definition) is 0. The van der Waals surface area contributed by atoms with E-state index in [9.17, 15) is 36.5 Å². The minimum absolute atomic E-state index is 0.173. The van der Waals surface area contributed by atoms with Crippen LogP contribution in [0.25, 0.3) is 0 Å². The molecule has 19 heavy (non-hydrogen) atoms. The van der Waals surface area contributed by atoms with E-state index in [1.165, 1.54) is 0 Å². The molecule has 0 unspecified atom stereocenters. The van der Waals surface area contributed by atoms with Gasteiger partial charge in [0.25, 0.3) is 0 Å². The zero-order valence-electron chi connectivity index (χ0n) is 8.96. The van der Waals surface area contributed by atoms with Crippen molar-refractivity contribution in [2.24, 2.45) is 0 Å². The summed E-state index contributed by atoms with van der Waals surface area (Å²) in [5.41, 5.74) is -2.38. The lowest BCUT2D eigenvalue weighted by atomic mass is 10.2. The number of ether oxygens (including phenoxy) is 1. The molecule has 1 rings (SSSR count). The van der Waals surface area contributed by atoms with Crippen molar-refractivity contribution in [3.63, 3.8) is 0 Å². The lowest BCUT2D eigenvalue weighted by Crippen LogP contribution is -2.20. The van der Waals surface area contributed by atoms with Gasteiger partial charge in [-0.25, -0.2) is 0 Å². The van der Waals surface area contributed by atoms with E-state index < -0.39 is 40.3 Å². The number of halogens is 6. The molecule has 0 aliphatic heterocycles.